The Hall–Kier alpha value is -0.170. The van der Waals surface area contributed by atoms with Crippen molar-refractivity contribution in [1.29, 1.82) is 0 Å². The Balaban J connectivity index is 2.42. The third-order valence-electron chi connectivity index (χ3n) is 3.47. The summed E-state index contributed by atoms with van der Waals surface area (Å²) in [6, 6.07) is 3.69. The number of hydrogen-bond donors (Lipinski definition) is 0. The van der Waals surface area contributed by atoms with E-state index in [4.69, 9.17) is 11.6 Å². The minimum absolute atomic E-state index is 0.186. The van der Waals surface area contributed by atoms with Crippen molar-refractivity contribution in [1.82, 2.24) is 4.31 Å². The van der Waals surface area contributed by atoms with Gasteiger partial charge >= 0.3 is 0 Å². The number of nitrogens with zero attached hydrogens (tertiary/aromatic N) is 1. The van der Waals surface area contributed by atoms with Crippen molar-refractivity contribution in [2.24, 2.45) is 5.92 Å². The molecule has 0 amide bonds. The van der Waals surface area contributed by atoms with Gasteiger partial charge in [-0.3, -0.25) is 0 Å². The fraction of sp³-hybridized carbons (Fsp3) is 0.500. The van der Waals surface area contributed by atoms with Gasteiger partial charge in [0.05, 0.1) is 0 Å². The quantitative estimate of drug-likeness (QED) is 0.766. The Morgan fingerprint density at radius 1 is 1.53 bits per heavy atom. The Kier molecular flexibility index (Phi) is 4.55. The molecule has 0 N–H and O–H groups in total. The fourth-order valence-electron chi connectivity index (χ4n) is 2.31. The topological polar surface area (TPSA) is 37.4 Å². The summed E-state index contributed by atoms with van der Waals surface area (Å²) in [5.74, 6) is -0.341. The van der Waals surface area contributed by atoms with E-state index in [0.717, 1.165) is 12.5 Å². The predicted octanol–water partition coefficient (Wildman–Crippen LogP) is 3.23. The molecule has 1 aliphatic rings. The van der Waals surface area contributed by atoms with Gasteiger partial charge < -0.3 is 0 Å². The number of sulfonamides is 1. The molecule has 0 bridgehead atoms. The third kappa shape index (κ3) is 2.82. The van der Waals surface area contributed by atoms with Crippen LogP contribution in [0.2, 0.25) is 0 Å². The zero-order valence-corrected chi connectivity index (χ0v) is 13.5. The second-order valence-corrected chi connectivity index (χ2v) is 7.76. The smallest absolute Gasteiger partial charge is 0.207 e. The molecule has 1 aliphatic heterocycles. The maximum atomic E-state index is 13.9. The standard InChI is InChI=1S/C12H14BrClFNO2S/c1-8-4-5-16(11(8)7-14)19(17,18)12-3-2-9(13)6-10(12)15/h2-3,6,8,11H,4-5,7H2,1H3. The van der Waals surface area contributed by atoms with Crippen LogP contribution in [0, 0.1) is 11.7 Å². The molecule has 0 saturated carbocycles. The molecule has 0 aromatic heterocycles. The largest absolute Gasteiger partial charge is 0.246 e. The second-order valence-electron chi connectivity index (χ2n) is 4.68. The van der Waals surface area contributed by atoms with E-state index in [1.807, 2.05) is 6.92 Å². The van der Waals surface area contributed by atoms with E-state index >= 15 is 0 Å². The maximum absolute atomic E-state index is 13.9. The van der Waals surface area contributed by atoms with Crippen LogP contribution in [-0.2, 0) is 10.0 Å². The van der Waals surface area contributed by atoms with Crippen LogP contribution in [0.1, 0.15) is 13.3 Å². The minimum Gasteiger partial charge on any atom is -0.207 e. The molecule has 7 heteroatoms. The normalized spacial score (nSPS) is 24.8. The molecule has 2 rings (SSSR count). The number of rotatable bonds is 3. The van der Waals surface area contributed by atoms with Gasteiger partial charge in [-0.2, -0.15) is 4.31 Å². The predicted molar refractivity (Wildman–Crippen MR) is 76.3 cm³/mol. The van der Waals surface area contributed by atoms with E-state index in [2.05, 4.69) is 15.9 Å². The highest BCUT2D eigenvalue weighted by Crippen LogP contribution is 2.32. The summed E-state index contributed by atoms with van der Waals surface area (Å²) >= 11 is 8.96. The van der Waals surface area contributed by atoms with Gasteiger partial charge in [-0.15, -0.1) is 11.6 Å². The number of alkyl halides is 1. The molecule has 1 heterocycles. The zero-order valence-electron chi connectivity index (χ0n) is 10.3. The van der Waals surface area contributed by atoms with Gasteiger partial charge in [0.15, 0.2) is 0 Å². The lowest BCUT2D eigenvalue weighted by atomic mass is 10.1. The van der Waals surface area contributed by atoms with Crippen molar-refractivity contribution in [3.05, 3.63) is 28.5 Å². The lowest BCUT2D eigenvalue weighted by Gasteiger charge is -2.24. The Morgan fingerprint density at radius 2 is 2.21 bits per heavy atom. The first-order chi connectivity index (χ1) is 8.87. The van der Waals surface area contributed by atoms with Crippen LogP contribution < -0.4 is 0 Å². The summed E-state index contributed by atoms with van der Waals surface area (Å²) < 4.78 is 40.7. The van der Waals surface area contributed by atoms with Crippen LogP contribution in [0.4, 0.5) is 4.39 Å². The van der Waals surface area contributed by atoms with Crippen molar-refractivity contribution in [2.45, 2.75) is 24.3 Å². The highest BCUT2D eigenvalue weighted by Gasteiger charge is 2.40. The molecular formula is C12H14BrClFNO2S. The van der Waals surface area contributed by atoms with Crippen LogP contribution in [0.5, 0.6) is 0 Å². The van der Waals surface area contributed by atoms with Crippen molar-refractivity contribution in [3.63, 3.8) is 0 Å². The van der Waals surface area contributed by atoms with Crippen LogP contribution in [0.15, 0.2) is 27.6 Å². The first-order valence-corrected chi connectivity index (χ1v) is 8.67. The fourth-order valence-corrected chi connectivity index (χ4v) is 4.98. The summed E-state index contributed by atoms with van der Waals surface area (Å²) in [6.45, 7) is 2.34. The van der Waals surface area contributed by atoms with E-state index in [1.54, 1.807) is 0 Å². The number of hydrogen-bond acceptors (Lipinski definition) is 2. The minimum atomic E-state index is -3.83. The SMILES string of the molecule is CC1CCN(S(=O)(=O)c2ccc(Br)cc2F)C1CCl. The van der Waals surface area contributed by atoms with Gasteiger partial charge in [0.1, 0.15) is 10.7 Å². The average molecular weight is 371 g/mol. The van der Waals surface area contributed by atoms with Gasteiger partial charge in [-0.1, -0.05) is 22.9 Å². The first-order valence-electron chi connectivity index (χ1n) is 5.90. The molecule has 2 atom stereocenters. The molecule has 19 heavy (non-hydrogen) atoms. The molecule has 3 nitrogen and oxygen atoms in total. The van der Waals surface area contributed by atoms with Crippen molar-refractivity contribution < 1.29 is 12.8 Å². The lowest BCUT2D eigenvalue weighted by molar-refractivity contribution is 0.373. The van der Waals surface area contributed by atoms with Gasteiger partial charge in [0, 0.05) is 22.9 Å². The Morgan fingerprint density at radius 3 is 2.79 bits per heavy atom. The summed E-state index contributed by atoms with van der Waals surface area (Å²) in [5, 5.41) is 0. The molecule has 1 aromatic carbocycles. The van der Waals surface area contributed by atoms with Crippen molar-refractivity contribution in [3.8, 4) is 0 Å². The number of benzene rings is 1. The van der Waals surface area contributed by atoms with Crippen molar-refractivity contribution >= 4 is 37.6 Å². The zero-order chi connectivity index (χ0) is 14.2. The summed E-state index contributed by atoms with van der Waals surface area (Å²) in [4.78, 5) is -0.292. The highest BCUT2D eigenvalue weighted by atomic mass is 79.9. The monoisotopic (exact) mass is 369 g/mol. The summed E-state index contributed by atoms with van der Waals surface area (Å²) in [6.07, 6.45) is 0.745. The molecular weight excluding hydrogens is 357 g/mol. The van der Waals surface area contributed by atoms with Crippen LogP contribution in [0.3, 0.4) is 0 Å². The van der Waals surface area contributed by atoms with Crippen LogP contribution in [-0.4, -0.2) is 31.2 Å². The van der Waals surface area contributed by atoms with Gasteiger partial charge in [-0.05, 0) is 30.5 Å². The molecule has 1 aromatic rings. The molecule has 2 unspecified atom stereocenters. The van der Waals surface area contributed by atoms with E-state index in [0.29, 0.717) is 11.0 Å². The second kappa shape index (κ2) is 5.68. The van der Waals surface area contributed by atoms with E-state index in [9.17, 15) is 12.8 Å². The molecule has 1 fully saturated rings. The number of halogens is 3. The molecule has 1 saturated heterocycles. The van der Waals surface area contributed by atoms with Crippen LogP contribution in [0.25, 0.3) is 0 Å². The van der Waals surface area contributed by atoms with E-state index < -0.39 is 15.8 Å². The Labute approximate surface area is 125 Å². The molecule has 0 radical (unpaired) electrons. The molecule has 0 aliphatic carbocycles. The maximum Gasteiger partial charge on any atom is 0.246 e. The Bertz CT molecular complexity index is 581. The van der Waals surface area contributed by atoms with E-state index in [1.165, 1.54) is 16.4 Å². The first kappa shape index (κ1) is 15.2. The highest BCUT2D eigenvalue weighted by molar-refractivity contribution is 9.10. The summed E-state index contributed by atoms with van der Waals surface area (Å²) in [5.41, 5.74) is 0. The molecule has 0 spiro atoms. The lowest BCUT2D eigenvalue weighted by Crippen LogP contribution is -2.39. The van der Waals surface area contributed by atoms with E-state index in [-0.39, 0.29) is 22.7 Å². The van der Waals surface area contributed by atoms with Crippen molar-refractivity contribution in [2.75, 3.05) is 12.4 Å². The van der Waals surface area contributed by atoms with Crippen LogP contribution >= 0.6 is 27.5 Å². The molecule has 106 valence electrons. The third-order valence-corrected chi connectivity index (χ3v) is 6.24. The van der Waals surface area contributed by atoms with Gasteiger partial charge in [0.2, 0.25) is 10.0 Å². The van der Waals surface area contributed by atoms with Gasteiger partial charge in [-0.25, -0.2) is 12.8 Å². The summed E-state index contributed by atoms with van der Waals surface area (Å²) in [7, 11) is -3.83. The van der Waals surface area contributed by atoms with Gasteiger partial charge in [0.25, 0.3) is 0 Å². The average Bonchev–Trinajstić information content (AvgIpc) is 2.70.